The average Bonchev–Trinajstić information content (AvgIpc) is 2.45. The molecule has 106 valence electrons. The van der Waals surface area contributed by atoms with Crippen LogP contribution in [0, 0.1) is 0 Å². The molecule has 0 fully saturated rings. The fourth-order valence-electron chi connectivity index (χ4n) is 2.10. The molecular formula is C15H19BrN4. The molecule has 2 rings (SSSR count). The summed E-state index contributed by atoms with van der Waals surface area (Å²) in [5.74, 6) is 5.72. The smallest absolute Gasteiger partial charge is 0.0501 e. The molecule has 20 heavy (non-hydrogen) atoms. The summed E-state index contributed by atoms with van der Waals surface area (Å²) >= 11 is 3.44. The molecule has 0 amide bonds. The maximum atomic E-state index is 5.72. The Labute approximate surface area is 128 Å². The second-order valence-corrected chi connectivity index (χ2v) is 5.84. The van der Waals surface area contributed by atoms with Gasteiger partial charge in [-0.25, -0.2) is 0 Å². The number of rotatable bonds is 5. The highest BCUT2D eigenvalue weighted by molar-refractivity contribution is 9.10. The monoisotopic (exact) mass is 334 g/mol. The Morgan fingerprint density at radius 3 is 2.75 bits per heavy atom. The summed E-state index contributed by atoms with van der Waals surface area (Å²) in [6.07, 6.45) is 4.44. The molecule has 0 saturated carbocycles. The first-order valence-electron chi connectivity index (χ1n) is 6.43. The fourth-order valence-corrected chi connectivity index (χ4v) is 2.51. The minimum atomic E-state index is 0.0611. The molecule has 0 bridgehead atoms. The zero-order chi connectivity index (χ0) is 14.5. The van der Waals surface area contributed by atoms with E-state index >= 15 is 0 Å². The molecule has 1 heterocycles. The van der Waals surface area contributed by atoms with Crippen molar-refractivity contribution in [3.8, 4) is 0 Å². The maximum absolute atomic E-state index is 5.72. The van der Waals surface area contributed by atoms with E-state index in [1.54, 1.807) is 6.20 Å². The summed E-state index contributed by atoms with van der Waals surface area (Å²) in [5.41, 5.74) is 6.36. The van der Waals surface area contributed by atoms with Gasteiger partial charge in [-0.15, -0.1) is 0 Å². The molecular weight excluding hydrogens is 316 g/mol. The predicted molar refractivity (Wildman–Crippen MR) is 86.5 cm³/mol. The Hall–Kier alpha value is -1.43. The van der Waals surface area contributed by atoms with E-state index in [-0.39, 0.29) is 6.04 Å². The normalized spacial score (nSPS) is 12.2. The van der Waals surface area contributed by atoms with E-state index in [9.17, 15) is 0 Å². The van der Waals surface area contributed by atoms with Crippen molar-refractivity contribution in [2.75, 3.05) is 19.0 Å². The summed E-state index contributed by atoms with van der Waals surface area (Å²) < 4.78 is 0.979. The van der Waals surface area contributed by atoms with E-state index in [0.717, 1.165) is 22.1 Å². The van der Waals surface area contributed by atoms with Crippen molar-refractivity contribution in [3.05, 3.63) is 58.3 Å². The van der Waals surface area contributed by atoms with Gasteiger partial charge in [0.1, 0.15) is 0 Å². The van der Waals surface area contributed by atoms with Gasteiger partial charge < -0.3 is 4.90 Å². The highest BCUT2D eigenvalue weighted by Crippen LogP contribution is 2.22. The van der Waals surface area contributed by atoms with Gasteiger partial charge in [-0.2, -0.15) is 0 Å². The fraction of sp³-hybridized carbons (Fsp3) is 0.267. The number of hydrogen-bond acceptors (Lipinski definition) is 4. The summed E-state index contributed by atoms with van der Waals surface area (Å²) in [6, 6.07) is 10.5. The number of nitrogens with one attached hydrogen (secondary N) is 1. The van der Waals surface area contributed by atoms with E-state index < -0.39 is 0 Å². The van der Waals surface area contributed by atoms with Crippen molar-refractivity contribution < 1.29 is 0 Å². The van der Waals surface area contributed by atoms with Crippen molar-refractivity contribution in [1.29, 1.82) is 0 Å². The van der Waals surface area contributed by atoms with Crippen LogP contribution in [-0.2, 0) is 6.42 Å². The molecule has 0 saturated heterocycles. The van der Waals surface area contributed by atoms with Crippen molar-refractivity contribution in [2.45, 2.75) is 12.5 Å². The van der Waals surface area contributed by atoms with E-state index in [1.165, 1.54) is 5.56 Å². The molecule has 0 radical (unpaired) electrons. The van der Waals surface area contributed by atoms with Crippen molar-refractivity contribution >= 4 is 21.6 Å². The first kappa shape index (κ1) is 15.0. The van der Waals surface area contributed by atoms with Crippen LogP contribution in [0.5, 0.6) is 0 Å². The molecule has 0 spiro atoms. The Bertz CT molecular complexity index is 571. The summed E-state index contributed by atoms with van der Waals surface area (Å²) in [7, 11) is 4.06. The van der Waals surface area contributed by atoms with Gasteiger partial charge in [-0.1, -0.05) is 12.1 Å². The molecule has 0 aliphatic carbocycles. The first-order chi connectivity index (χ1) is 9.60. The van der Waals surface area contributed by atoms with Crippen LogP contribution in [0.3, 0.4) is 0 Å². The number of anilines is 1. The second kappa shape index (κ2) is 6.83. The van der Waals surface area contributed by atoms with E-state index in [2.05, 4.69) is 55.5 Å². The molecule has 1 atom stereocenters. The number of nitrogens with two attached hydrogens (primary N) is 1. The van der Waals surface area contributed by atoms with Gasteiger partial charge in [0, 0.05) is 36.6 Å². The van der Waals surface area contributed by atoms with E-state index in [1.807, 2.05) is 26.4 Å². The largest absolute Gasteiger partial charge is 0.378 e. The third-order valence-electron chi connectivity index (χ3n) is 3.19. The third kappa shape index (κ3) is 3.79. The molecule has 3 N–H and O–H groups in total. The Balaban J connectivity index is 2.22. The van der Waals surface area contributed by atoms with Gasteiger partial charge in [-0.3, -0.25) is 16.3 Å². The SMILES string of the molecule is CN(C)c1cccc(C(Cc2cncc(Br)c2)NN)c1. The Morgan fingerprint density at radius 1 is 1.30 bits per heavy atom. The van der Waals surface area contributed by atoms with Crippen LogP contribution in [0.25, 0.3) is 0 Å². The number of pyridine rings is 1. The Morgan fingerprint density at radius 2 is 2.10 bits per heavy atom. The molecule has 0 aliphatic heterocycles. The lowest BCUT2D eigenvalue weighted by Gasteiger charge is -2.19. The molecule has 1 unspecified atom stereocenters. The highest BCUT2D eigenvalue weighted by atomic mass is 79.9. The van der Waals surface area contributed by atoms with Crippen molar-refractivity contribution in [3.63, 3.8) is 0 Å². The molecule has 0 aliphatic rings. The number of aromatic nitrogens is 1. The number of hydrogen-bond donors (Lipinski definition) is 2. The van der Waals surface area contributed by atoms with Crippen LogP contribution in [0.2, 0.25) is 0 Å². The van der Waals surface area contributed by atoms with Gasteiger partial charge in [0.25, 0.3) is 0 Å². The molecule has 4 nitrogen and oxygen atoms in total. The Kier molecular flexibility index (Phi) is 5.11. The van der Waals surface area contributed by atoms with Gasteiger partial charge >= 0.3 is 0 Å². The predicted octanol–water partition coefficient (Wildman–Crippen LogP) is 2.66. The lowest BCUT2D eigenvalue weighted by atomic mass is 10.00. The van der Waals surface area contributed by atoms with Gasteiger partial charge in [0.05, 0.1) is 6.04 Å². The summed E-state index contributed by atoms with van der Waals surface area (Å²) in [6.45, 7) is 0. The number of hydrazine groups is 1. The van der Waals surface area contributed by atoms with Crippen molar-refractivity contribution in [2.24, 2.45) is 5.84 Å². The van der Waals surface area contributed by atoms with Crippen molar-refractivity contribution in [1.82, 2.24) is 10.4 Å². The first-order valence-corrected chi connectivity index (χ1v) is 7.22. The third-order valence-corrected chi connectivity index (χ3v) is 3.63. The second-order valence-electron chi connectivity index (χ2n) is 4.92. The quantitative estimate of drug-likeness (QED) is 0.652. The molecule has 2 aromatic rings. The lowest BCUT2D eigenvalue weighted by molar-refractivity contribution is 0.551. The average molecular weight is 335 g/mol. The van der Waals surface area contributed by atoms with Crippen LogP contribution >= 0.6 is 15.9 Å². The van der Waals surface area contributed by atoms with Crippen LogP contribution in [0.1, 0.15) is 17.2 Å². The zero-order valence-electron chi connectivity index (χ0n) is 11.7. The number of benzene rings is 1. The van der Waals surface area contributed by atoms with Crippen LogP contribution in [0.4, 0.5) is 5.69 Å². The van der Waals surface area contributed by atoms with Gasteiger partial charge in [0.2, 0.25) is 0 Å². The number of halogens is 1. The van der Waals surface area contributed by atoms with Gasteiger partial charge in [0.15, 0.2) is 0 Å². The standard InChI is InChI=1S/C15H19BrN4/c1-20(2)14-5-3-4-12(8-14)15(19-17)7-11-6-13(16)10-18-9-11/h3-6,8-10,15,19H,7,17H2,1-2H3. The summed E-state index contributed by atoms with van der Waals surface area (Å²) in [5, 5.41) is 0. The number of nitrogens with zero attached hydrogens (tertiary/aromatic N) is 2. The molecule has 1 aromatic carbocycles. The van der Waals surface area contributed by atoms with E-state index in [0.29, 0.717) is 0 Å². The summed E-state index contributed by atoms with van der Waals surface area (Å²) in [4.78, 5) is 6.27. The molecule has 5 heteroatoms. The maximum Gasteiger partial charge on any atom is 0.0501 e. The minimum absolute atomic E-state index is 0.0611. The minimum Gasteiger partial charge on any atom is -0.378 e. The highest BCUT2D eigenvalue weighted by Gasteiger charge is 2.12. The topological polar surface area (TPSA) is 54.2 Å². The van der Waals surface area contributed by atoms with Crippen LogP contribution < -0.4 is 16.2 Å². The van der Waals surface area contributed by atoms with E-state index in [4.69, 9.17) is 5.84 Å². The molecule has 1 aromatic heterocycles. The van der Waals surface area contributed by atoms with Gasteiger partial charge in [-0.05, 0) is 51.7 Å². The lowest BCUT2D eigenvalue weighted by Crippen LogP contribution is -2.29. The zero-order valence-corrected chi connectivity index (χ0v) is 13.3. The van der Waals surface area contributed by atoms with Crippen LogP contribution in [0.15, 0.2) is 47.2 Å². The van der Waals surface area contributed by atoms with Crippen LogP contribution in [-0.4, -0.2) is 19.1 Å².